The molecule has 0 aliphatic heterocycles. The van der Waals surface area contributed by atoms with Crippen molar-refractivity contribution in [3.05, 3.63) is 29.8 Å². The first-order valence-corrected chi connectivity index (χ1v) is 10.8. The highest BCUT2D eigenvalue weighted by Crippen LogP contribution is 2.32. The van der Waals surface area contributed by atoms with Gasteiger partial charge in [0.05, 0.1) is 4.90 Å². The number of benzene rings is 1. The molecule has 0 bridgehead atoms. The third-order valence-electron chi connectivity index (χ3n) is 5.36. The summed E-state index contributed by atoms with van der Waals surface area (Å²) in [4.78, 5) is 0.254. The fraction of sp³-hybridized carbons (Fsp3) is 0.684. The van der Waals surface area contributed by atoms with E-state index in [1.165, 1.54) is 38.5 Å². The first kappa shape index (κ1) is 17.9. The Labute approximate surface area is 146 Å². The van der Waals surface area contributed by atoms with Gasteiger partial charge in [-0.25, -0.2) is 0 Å². The molecule has 2 aliphatic carbocycles. The van der Waals surface area contributed by atoms with Gasteiger partial charge in [0, 0.05) is 12.1 Å². The highest BCUT2D eigenvalue weighted by Gasteiger charge is 2.34. The lowest BCUT2D eigenvalue weighted by Gasteiger charge is -2.39. The van der Waals surface area contributed by atoms with E-state index in [0.717, 1.165) is 31.2 Å². The minimum Gasteiger partial charge on any atom is -0.192 e. The molecule has 4 nitrogen and oxygen atoms in total. The molecule has 24 heavy (non-hydrogen) atoms. The lowest BCUT2D eigenvalue weighted by Crippen LogP contribution is -2.46. The van der Waals surface area contributed by atoms with Crippen LogP contribution in [0.4, 0.5) is 0 Å². The molecule has 0 unspecified atom stereocenters. The zero-order chi connectivity index (χ0) is 17.0. The monoisotopic (exact) mass is 351 g/mol. The fourth-order valence-corrected chi connectivity index (χ4v) is 4.98. The number of nitrogens with zero attached hydrogens (tertiary/aromatic N) is 1. The van der Waals surface area contributed by atoms with Crippen molar-refractivity contribution in [1.82, 2.24) is 5.06 Å². The summed E-state index contributed by atoms with van der Waals surface area (Å²) in [6.07, 6.45) is 11.3. The van der Waals surface area contributed by atoms with Crippen LogP contribution >= 0.6 is 0 Å². The Morgan fingerprint density at radius 3 is 1.75 bits per heavy atom. The Bertz CT molecular complexity index is 597. The molecule has 0 spiro atoms. The average Bonchev–Trinajstić information content (AvgIpc) is 2.62. The van der Waals surface area contributed by atoms with Crippen LogP contribution < -0.4 is 0 Å². The molecule has 2 saturated carbocycles. The number of hydrogen-bond donors (Lipinski definition) is 0. The van der Waals surface area contributed by atoms with Crippen molar-refractivity contribution in [1.29, 1.82) is 0 Å². The van der Waals surface area contributed by atoms with E-state index in [2.05, 4.69) is 0 Å². The Kier molecular flexibility index (Phi) is 5.95. The van der Waals surface area contributed by atoms with E-state index in [9.17, 15) is 8.42 Å². The SMILES string of the molecule is Cc1ccc(S(=O)(=O)ON(C2CCCCC2)C2CCCCC2)cc1. The van der Waals surface area contributed by atoms with Gasteiger partial charge in [-0.1, -0.05) is 56.2 Å². The first-order chi connectivity index (χ1) is 11.6. The predicted octanol–water partition coefficient (Wildman–Crippen LogP) is 4.58. The lowest BCUT2D eigenvalue weighted by atomic mass is 9.90. The van der Waals surface area contributed by atoms with Crippen LogP contribution in [0.2, 0.25) is 0 Å². The lowest BCUT2D eigenvalue weighted by molar-refractivity contribution is -0.141. The van der Waals surface area contributed by atoms with Gasteiger partial charge in [-0.3, -0.25) is 0 Å². The molecule has 1 aromatic carbocycles. The second kappa shape index (κ2) is 7.98. The molecular weight excluding hydrogens is 322 g/mol. The van der Waals surface area contributed by atoms with Gasteiger partial charge in [-0.05, 0) is 44.7 Å². The maximum absolute atomic E-state index is 12.8. The zero-order valence-corrected chi connectivity index (χ0v) is 15.4. The molecule has 2 aliphatic rings. The molecule has 5 heteroatoms. The zero-order valence-electron chi connectivity index (χ0n) is 14.6. The molecule has 0 aromatic heterocycles. The quantitative estimate of drug-likeness (QED) is 0.728. The standard InChI is InChI=1S/C19H29NO3S/c1-16-12-14-19(15-13-16)24(21,22)23-20(17-8-4-2-5-9-17)18-10-6-3-7-11-18/h12-15,17-18H,2-11H2,1H3. The van der Waals surface area contributed by atoms with E-state index in [1.54, 1.807) is 12.1 Å². The number of hydrogen-bond acceptors (Lipinski definition) is 4. The van der Waals surface area contributed by atoms with Crippen molar-refractivity contribution in [2.24, 2.45) is 0 Å². The summed E-state index contributed by atoms with van der Waals surface area (Å²) >= 11 is 0. The normalized spacial score (nSPS) is 21.2. The Morgan fingerprint density at radius 2 is 1.29 bits per heavy atom. The van der Waals surface area contributed by atoms with Crippen LogP contribution in [0, 0.1) is 6.92 Å². The molecule has 0 saturated heterocycles. The summed E-state index contributed by atoms with van der Waals surface area (Å²) in [5.74, 6) is 0. The number of rotatable bonds is 5. The maximum Gasteiger partial charge on any atom is 0.313 e. The van der Waals surface area contributed by atoms with Crippen molar-refractivity contribution in [2.75, 3.05) is 0 Å². The summed E-state index contributed by atoms with van der Waals surface area (Å²) in [5, 5.41) is 1.87. The summed E-state index contributed by atoms with van der Waals surface area (Å²) in [6.45, 7) is 1.95. The van der Waals surface area contributed by atoms with Crippen molar-refractivity contribution in [2.45, 2.75) is 88.1 Å². The van der Waals surface area contributed by atoms with Gasteiger partial charge in [0.1, 0.15) is 0 Å². The fourth-order valence-electron chi connectivity index (χ4n) is 3.95. The van der Waals surface area contributed by atoms with Crippen LogP contribution in [-0.4, -0.2) is 25.6 Å². The van der Waals surface area contributed by atoms with Gasteiger partial charge in [-0.2, -0.15) is 17.8 Å². The summed E-state index contributed by atoms with van der Waals surface area (Å²) < 4.78 is 31.3. The average molecular weight is 352 g/mol. The van der Waals surface area contributed by atoms with E-state index in [-0.39, 0.29) is 17.0 Å². The maximum atomic E-state index is 12.8. The van der Waals surface area contributed by atoms with Crippen LogP contribution in [0.15, 0.2) is 29.2 Å². The van der Waals surface area contributed by atoms with Crippen molar-refractivity contribution in [3.8, 4) is 0 Å². The summed E-state index contributed by atoms with van der Waals surface area (Å²) in [6, 6.07) is 7.41. The third kappa shape index (κ3) is 4.38. The Hall–Kier alpha value is -0.910. The van der Waals surface area contributed by atoms with Crippen LogP contribution in [0.5, 0.6) is 0 Å². The highest BCUT2D eigenvalue weighted by atomic mass is 32.2. The van der Waals surface area contributed by atoms with Gasteiger partial charge >= 0.3 is 10.1 Å². The van der Waals surface area contributed by atoms with E-state index in [0.29, 0.717) is 0 Å². The molecule has 0 heterocycles. The van der Waals surface area contributed by atoms with Crippen LogP contribution in [0.3, 0.4) is 0 Å². The van der Waals surface area contributed by atoms with Gasteiger partial charge in [-0.15, -0.1) is 0 Å². The van der Waals surface area contributed by atoms with Crippen molar-refractivity contribution in [3.63, 3.8) is 0 Å². The summed E-state index contributed by atoms with van der Waals surface area (Å²) in [5.41, 5.74) is 1.05. The first-order valence-electron chi connectivity index (χ1n) is 9.36. The van der Waals surface area contributed by atoms with Gasteiger partial charge < -0.3 is 0 Å². The molecule has 1 aromatic rings. The molecule has 0 radical (unpaired) electrons. The smallest absolute Gasteiger partial charge is 0.192 e. The topological polar surface area (TPSA) is 46.6 Å². The van der Waals surface area contributed by atoms with Gasteiger partial charge in [0.2, 0.25) is 0 Å². The number of hydroxylamine groups is 2. The van der Waals surface area contributed by atoms with Gasteiger partial charge in [0.25, 0.3) is 0 Å². The molecular formula is C19H29NO3S. The molecule has 134 valence electrons. The van der Waals surface area contributed by atoms with Crippen LogP contribution in [0.25, 0.3) is 0 Å². The summed E-state index contributed by atoms with van der Waals surface area (Å²) in [7, 11) is -3.75. The molecule has 0 N–H and O–H groups in total. The molecule has 3 rings (SSSR count). The largest absolute Gasteiger partial charge is 0.313 e. The highest BCUT2D eigenvalue weighted by molar-refractivity contribution is 7.86. The Balaban J connectivity index is 1.80. The van der Waals surface area contributed by atoms with E-state index in [4.69, 9.17) is 4.28 Å². The Morgan fingerprint density at radius 1 is 0.833 bits per heavy atom. The minimum absolute atomic E-state index is 0.238. The van der Waals surface area contributed by atoms with Crippen LogP contribution in [0.1, 0.15) is 69.8 Å². The third-order valence-corrected chi connectivity index (χ3v) is 6.58. The van der Waals surface area contributed by atoms with Crippen molar-refractivity contribution >= 4 is 10.1 Å². The van der Waals surface area contributed by atoms with Crippen molar-refractivity contribution < 1.29 is 12.7 Å². The second-order valence-electron chi connectivity index (χ2n) is 7.29. The second-order valence-corrected chi connectivity index (χ2v) is 8.81. The van der Waals surface area contributed by atoms with Crippen LogP contribution in [-0.2, 0) is 14.4 Å². The molecule has 0 atom stereocenters. The molecule has 2 fully saturated rings. The van der Waals surface area contributed by atoms with E-state index in [1.807, 2.05) is 24.1 Å². The minimum atomic E-state index is -3.75. The predicted molar refractivity (Wildman–Crippen MR) is 95.0 cm³/mol. The number of aryl methyl sites for hydroxylation is 1. The van der Waals surface area contributed by atoms with E-state index < -0.39 is 10.1 Å². The van der Waals surface area contributed by atoms with Gasteiger partial charge in [0.15, 0.2) is 0 Å². The van der Waals surface area contributed by atoms with E-state index >= 15 is 0 Å². The molecule has 0 amide bonds.